The highest BCUT2D eigenvalue weighted by Gasteiger charge is 2.08. The van der Waals surface area contributed by atoms with Crippen molar-refractivity contribution in [2.75, 3.05) is 0 Å². The Hall–Kier alpha value is -1.81. The van der Waals surface area contributed by atoms with E-state index in [1.54, 1.807) is 29.5 Å². The van der Waals surface area contributed by atoms with Gasteiger partial charge in [-0.15, -0.1) is 11.3 Å². The molecule has 0 aliphatic carbocycles. The smallest absolute Gasteiger partial charge is 0.237 e. The van der Waals surface area contributed by atoms with Crippen molar-refractivity contribution >= 4 is 22.4 Å². The lowest BCUT2D eigenvalue weighted by atomic mass is 10.3. The van der Waals surface area contributed by atoms with E-state index in [-0.39, 0.29) is 5.75 Å². The first-order valence-electron chi connectivity index (χ1n) is 4.46. The third-order valence-corrected chi connectivity index (χ3v) is 2.96. The molecule has 0 fully saturated rings. The van der Waals surface area contributed by atoms with Gasteiger partial charge in [-0.05, 0) is 23.6 Å². The molecule has 0 aliphatic heterocycles. The van der Waals surface area contributed by atoms with Crippen molar-refractivity contribution in [3.8, 4) is 16.5 Å². The molecule has 3 aromatic rings. The molecule has 0 saturated heterocycles. The first kappa shape index (κ1) is 8.49. The zero-order chi connectivity index (χ0) is 10.3. The fraction of sp³-hybridized carbons (Fsp3) is 0. The standard InChI is InChI=1S/C11H7NO2S/c13-7-3-4-8-9(6-7)14-11(12-8)10-2-1-5-15-10/h1-6,13H. The molecule has 1 N–H and O–H groups in total. The van der Waals surface area contributed by atoms with E-state index in [9.17, 15) is 5.11 Å². The van der Waals surface area contributed by atoms with Crippen LogP contribution in [0.15, 0.2) is 40.1 Å². The number of aromatic nitrogens is 1. The minimum Gasteiger partial charge on any atom is -0.508 e. The van der Waals surface area contributed by atoms with Gasteiger partial charge in [0.2, 0.25) is 5.89 Å². The van der Waals surface area contributed by atoms with Gasteiger partial charge >= 0.3 is 0 Å². The van der Waals surface area contributed by atoms with Crippen LogP contribution in [-0.4, -0.2) is 10.1 Å². The average Bonchev–Trinajstić information content (AvgIpc) is 2.84. The van der Waals surface area contributed by atoms with Crippen molar-refractivity contribution in [3.05, 3.63) is 35.7 Å². The Labute approximate surface area is 89.6 Å². The summed E-state index contributed by atoms with van der Waals surface area (Å²) in [5.41, 5.74) is 1.37. The van der Waals surface area contributed by atoms with Gasteiger partial charge in [0.15, 0.2) is 5.58 Å². The molecule has 0 saturated carbocycles. The number of oxazole rings is 1. The molecule has 0 radical (unpaired) electrons. The zero-order valence-corrected chi connectivity index (χ0v) is 8.49. The maximum absolute atomic E-state index is 9.28. The summed E-state index contributed by atoms with van der Waals surface area (Å²) >= 11 is 1.58. The highest BCUT2D eigenvalue weighted by atomic mass is 32.1. The first-order valence-corrected chi connectivity index (χ1v) is 5.34. The molecule has 3 rings (SSSR count). The van der Waals surface area contributed by atoms with E-state index in [4.69, 9.17) is 4.42 Å². The van der Waals surface area contributed by atoms with E-state index < -0.39 is 0 Å². The number of aromatic hydroxyl groups is 1. The van der Waals surface area contributed by atoms with Crippen LogP contribution in [0.25, 0.3) is 21.9 Å². The van der Waals surface area contributed by atoms with Gasteiger partial charge in [-0.2, -0.15) is 0 Å². The van der Waals surface area contributed by atoms with Crippen molar-refractivity contribution in [3.63, 3.8) is 0 Å². The number of hydrogen-bond donors (Lipinski definition) is 1. The first-order chi connectivity index (χ1) is 7.33. The molecule has 0 spiro atoms. The van der Waals surface area contributed by atoms with Crippen LogP contribution in [0.2, 0.25) is 0 Å². The minimum atomic E-state index is 0.191. The van der Waals surface area contributed by atoms with Crippen LogP contribution in [0.1, 0.15) is 0 Å². The van der Waals surface area contributed by atoms with Crippen LogP contribution in [0.4, 0.5) is 0 Å². The van der Waals surface area contributed by atoms with Crippen molar-refractivity contribution < 1.29 is 9.52 Å². The number of hydrogen-bond acceptors (Lipinski definition) is 4. The monoisotopic (exact) mass is 217 g/mol. The highest BCUT2D eigenvalue weighted by molar-refractivity contribution is 7.13. The number of benzene rings is 1. The van der Waals surface area contributed by atoms with Crippen molar-refractivity contribution in [1.29, 1.82) is 0 Å². The van der Waals surface area contributed by atoms with E-state index in [1.165, 1.54) is 0 Å². The predicted octanol–water partition coefficient (Wildman–Crippen LogP) is 3.26. The average molecular weight is 217 g/mol. The van der Waals surface area contributed by atoms with Crippen molar-refractivity contribution in [2.24, 2.45) is 0 Å². The number of phenolic OH excluding ortho intramolecular Hbond substituents is 1. The van der Waals surface area contributed by atoms with E-state index >= 15 is 0 Å². The summed E-state index contributed by atoms with van der Waals surface area (Å²) in [6.45, 7) is 0. The lowest BCUT2D eigenvalue weighted by Crippen LogP contribution is -1.69. The van der Waals surface area contributed by atoms with Gasteiger partial charge in [0, 0.05) is 6.07 Å². The molecule has 2 aromatic heterocycles. The minimum absolute atomic E-state index is 0.191. The summed E-state index contributed by atoms with van der Waals surface area (Å²) in [4.78, 5) is 5.32. The van der Waals surface area contributed by atoms with Crippen LogP contribution >= 0.6 is 11.3 Å². The Morgan fingerprint density at radius 2 is 2.20 bits per heavy atom. The Balaban J connectivity index is 2.22. The number of phenols is 1. The number of rotatable bonds is 1. The van der Waals surface area contributed by atoms with Crippen LogP contribution in [0.5, 0.6) is 5.75 Å². The summed E-state index contributed by atoms with van der Waals surface area (Å²) in [6, 6.07) is 8.81. The highest BCUT2D eigenvalue weighted by Crippen LogP contribution is 2.28. The van der Waals surface area contributed by atoms with Gasteiger partial charge in [0.1, 0.15) is 11.3 Å². The Kier molecular flexibility index (Phi) is 1.76. The second-order valence-electron chi connectivity index (χ2n) is 3.15. The molecule has 0 bridgehead atoms. The maximum Gasteiger partial charge on any atom is 0.237 e. The van der Waals surface area contributed by atoms with Gasteiger partial charge < -0.3 is 9.52 Å². The zero-order valence-electron chi connectivity index (χ0n) is 7.68. The molecule has 15 heavy (non-hydrogen) atoms. The summed E-state index contributed by atoms with van der Waals surface area (Å²) in [6.07, 6.45) is 0. The molecule has 0 amide bonds. The molecule has 3 nitrogen and oxygen atoms in total. The SMILES string of the molecule is Oc1ccc2nc(-c3cccs3)oc2c1. The molecule has 1 aromatic carbocycles. The molecule has 0 aliphatic rings. The van der Waals surface area contributed by atoms with Gasteiger partial charge in [-0.1, -0.05) is 6.07 Å². The third-order valence-electron chi connectivity index (χ3n) is 2.10. The van der Waals surface area contributed by atoms with Crippen molar-refractivity contribution in [1.82, 2.24) is 4.98 Å². The lowest BCUT2D eigenvalue weighted by molar-refractivity contribution is 0.474. The van der Waals surface area contributed by atoms with Gasteiger partial charge in [0.05, 0.1) is 4.88 Å². The van der Waals surface area contributed by atoms with Crippen LogP contribution in [-0.2, 0) is 0 Å². The second-order valence-corrected chi connectivity index (χ2v) is 4.10. The number of fused-ring (bicyclic) bond motifs is 1. The topological polar surface area (TPSA) is 46.3 Å². The fourth-order valence-electron chi connectivity index (χ4n) is 1.42. The van der Waals surface area contributed by atoms with Crippen molar-refractivity contribution in [2.45, 2.75) is 0 Å². The maximum atomic E-state index is 9.28. The van der Waals surface area contributed by atoms with Crippen LogP contribution in [0.3, 0.4) is 0 Å². The van der Waals surface area contributed by atoms with E-state index in [2.05, 4.69) is 4.98 Å². The Bertz CT molecular complexity index is 598. The number of nitrogens with zero attached hydrogens (tertiary/aromatic N) is 1. The summed E-state index contributed by atoms with van der Waals surface area (Å²) in [5, 5.41) is 11.3. The molecule has 0 unspecified atom stereocenters. The van der Waals surface area contributed by atoms with Gasteiger partial charge in [-0.25, -0.2) is 4.98 Å². The second kappa shape index (κ2) is 3.10. The Morgan fingerprint density at radius 1 is 1.27 bits per heavy atom. The molecule has 4 heteroatoms. The van der Waals surface area contributed by atoms with E-state index in [0.29, 0.717) is 11.5 Å². The fourth-order valence-corrected chi connectivity index (χ4v) is 2.07. The van der Waals surface area contributed by atoms with Gasteiger partial charge in [0.25, 0.3) is 0 Å². The summed E-state index contributed by atoms with van der Waals surface area (Å²) in [7, 11) is 0. The summed E-state index contributed by atoms with van der Waals surface area (Å²) in [5.74, 6) is 0.793. The van der Waals surface area contributed by atoms with Crippen LogP contribution in [0, 0.1) is 0 Å². The molecule has 0 atom stereocenters. The molecular weight excluding hydrogens is 210 g/mol. The molecular formula is C11H7NO2S. The molecule has 2 heterocycles. The van der Waals surface area contributed by atoms with E-state index in [0.717, 1.165) is 10.4 Å². The Morgan fingerprint density at radius 3 is 3.00 bits per heavy atom. The van der Waals surface area contributed by atoms with Crippen LogP contribution < -0.4 is 0 Å². The quantitative estimate of drug-likeness (QED) is 0.680. The third kappa shape index (κ3) is 1.39. The largest absolute Gasteiger partial charge is 0.508 e. The normalized spacial score (nSPS) is 10.9. The number of thiophene rings is 1. The molecule has 74 valence electrons. The van der Waals surface area contributed by atoms with Gasteiger partial charge in [-0.3, -0.25) is 0 Å². The summed E-state index contributed by atoms with van der Waals surface area (Å²) < 4.78 is 5.53. The van der Waals surface area contributed by atoms with E-state index in [1.807, 2.05) is 17.5 Å². The predicted molar refractivity (Wildman–Crippen MR) is 59.0 cm³/mol. The lowest BCUT2D eigenvalue weighted by Gasteiger charge is -1.87.